The molecule has 0 radical (unpaired) electrons. The fraction of sp³-hybridized carbons (Fsp3) is 0.167. The monoisotopic (exact) mass is 386 g/mol. The maximum atomic E-state index is 12.3. The van der Waals surface area contributed by atoms with Gasteiger partial charge in [-0.1, -0.05) is 17.7 Å². The number of anilines is 1. The first-order valence-corrected chi connectivity index (χ1v) is 9.11. The number of amides is 1. The number of aromatic nitrogens is 2. The third-order valence-electron chi connectivity index (χ3n) is 3.90. The van der Waals surface area contributed by atoms with Gasteiger partial charge in [-0.3, -0.25) is 9.32 Å². The number of benzene rings is 2. The van der Waals surface area contributed by atoms with E-state index in [-0.39, 0.29) is 18.5 Å². The number of carbonyl (C=O) groups excluding carboxylic acids is 1. The van der Waals surface area contributed by atoms with Crippen LogP contribution in [0.15, 0.2) is 56.8 Å². The van der Waals surface area contributed by atoms with Crippen LogP contribution in [0, 0.1) is 6.92 Å². The zero-order valence-corrected chi connectivity index (χ0v) is 15.2. The van der Waals surface area contributed by atoms with Crippen LogP contribution in [0.2, 0.25) is 0 Å². The van der Waals surface area contributed by atoms with Gasteiger partial charge in [0.25, 0.3) is 0 Å². The molecule has 8 nitrogen and oxygen atoms in total. The highest BCUT2D eigenvalue weighted by molar-refractivity contribution is 7.99. The number of rotatable bonds is 5. The number of hydrogen-bond donors (Lipinski definition) is 2. The van der Waals surface area contributed by atoms with E-state index in [1.165, 1.54) is 4.68 Å². The zero-order valence-electron chi connectivity index (χ0n) is 14.4. The van der Waals surface area contributed by atoms with Gasteiger partial charge in [-0.25, -0.2) is 4.79 Å². The van der Waals surface area contributed by atoms with E-state index < -0.39 is 5.63 Å². The topological polar surface area (TPSA) is 97.4 Å². The average Bonchev–Trinajstić information content (AvgIpc) is 3.27. The molecule has 4 rings (SSSR count). The SMILES string of the molecule is Cc1ccc(-[n+]2[nH]oc(=O)c2SCC(=O)Nc2ccc3c(c2)OCO3)cc1. The van der Waals surface area contributed by atoms with Crippen molar-refractivity contribution in [2.24, 2.45) is 0 Å². The minimum absolute atomic E-state index is 0.0446. The number of ether oxygens (including phenoxy) is 2. The highest BCUT2D eigenvalue weighted by atomic mass is 32.2. The van der Waals surface area contributed by atoms with Crippen LogP contribution >= 0.6 is 11.8 Å². The molecule has 1 aliphatic rings. The van der Waals surface area contributed by atoms with Crippen LogP contribution in [0.25, 0.3) is 5.69 Å². The molecule has 2 N–H and O–H groups in total. The van der Waals surface area contributed by atoms with Gasteiger partial charge in [0.1, 0.15) is 0 Å². The lowest BCUT2D eigenvalue weighted by atomic mass is 10.2. The molecule has 0 unspecified atom stereocenters. The molecule has 138 valence electrons. The van der Waals surface area contributed by atoms with Crippen molar-refractivity contribution in [2.45, 2.75) is 11.9 Å². The summed E-state index contributed by atoms with van der Waals surface area (Å²) in [6, 6.07) is 12.7. The first-order chi connectivity index (χ1) is 13.1. The van der Waals surface area contributed by atoms with E-state index in [9.17, 15) is 9.59 Å². The number of hydrogen-bond acceptors (Lipinski definition) is 6. The lowest BCUT2D eigenvalue weighted by Crippen LogP contribution is -2.36. The largest absolute Gasteiger partial charge is 0.454 e. The second kappa shape index (κ2) is 7.20. The summed E-state index contributed by atoms with van der Waals surface area (Å²) in [4.78, 5) is 24.2. The number of H-pyrrole nitrogens is 1. The molecule has 0 bridgehead atoms. The molecular weight excluding hydrogens is 370 g/mol. The third-order valence-corrected chi connectivity index (χ3v) is 4.93. The summed E-state index contributed by atoms with van der Waals surface area (Å²) in [5, 5.41) is 5.62. The molecule has 1 amide bonds. The summed E-state index contributed by atoms with van der Waals surface area (Å²) in [7, 11) is 0. The molecule has 0 saturated carbocycles. The first kappa shape index (κ1) is 17.2. The van der Waals surface area contributed by atoms with Crippen molar-refractivity contribution in [3.8, 4) is 17.2 Å². The normalized spacial score (nSPS) is 12.2. The summed E-state index contributed by atoms with van der Waals surface area (Å²) in [5.41, 5.74) is 1.90. The molecule has 0 fully saturated rings. The van der Waals surface area contributed by atoms with E-state index in [0.29, 0.717) is 22.2 Å². The number of fused-ring (bicyclic) bond motifs is 1. The fourth-order valence-corrected chi connectivity index (χ4v) is 3.33. The molecule has 0 atom stereocenters. The predicted octanol–water partition coefficient (Wildman–Crippen LogP) is 2.01. The van der Waals surface area contributed by atoms with E-state index in [0.717, 1.165) is 23.0 Å². The molecule has 2 heterocycles. The van der Waals surface area contributed by atoms with Gasteiger partial charge in [-0.15, -0.1) is 0 Å². The van der Waals surface area contributed by atoms with Gasteiger partial charge in [0, 0.05) is 23.9 Å². The van der Waals surface area contributed by atoms with Gasteiger partial charge in [0.05, 0.1) is 5.75 Å². The number of thioether (sulfide) groups is 1. The Bertz CT molecular complexity index is 1040. The summed E-state index contributed by atoms with van der Waals surface area (Å²) >= 11 is 1.09. The summed E-state index contributed by atoms with van der Waals surface area (Å²) in [5.74, 6) is 1.02. The van der Waals surface area contributed by atoms with Crippen LogP contribution in [0.3, 0.4) is 0 Å². The van der Waals surface area contributed by atoms with Crippen molar-refractivity contribution in [3.05, 3.63) is 58.4 Å². The van der Waals surface area contributed by atoms with E-state index in [1.807, 2.05) is 31.2 Å². The van der Waals surface area contributed by atoms with Gasteiger partial charge in [-0.2, -0.15) is 0 Å². The molecule has 2 aromatic carbocycles. The molecule has 27 heavy (non-hydrogen) atoms. The van der Waals surface area contributed by atoms with Crippen LogP contribution in [-0.2, 0) is 4.79 Å². The molecule has 0 spiro atoms. The van der Waals surface area contributed by atoms with Crippen LogP contribution in [0.1, 0.15) is 5.56 Å². The Balaban J connectivity index is 1.44. The molecule has 1 aliphatic heterocycles. The smallest absolute Gasteiger partial charge is 0.442 e. The van der Waals surface area contributed by atoms with Gasteiger partial charge in [-0.05, 0) is 40.8 Å². The maximum absolute atomic E-state index is 12.3. The Labute approximate surface area is 158 Å². The van der Waals surface area contributed by atoms with Gasteiger partial charge >= 0.3 is 10.7 Å². The van der Waals surface area contributed by atoms with Gasteiger partial charge < -0.3 is 14.8 Å². The molecule has 0 aliphatic carbocycles. The lowest BCUT2D eigenvalue weighted by molar-refractivity contribution is -0.704. The van der Waals surface area contributed by atoms with E-state index in [4.69, 9.17) is 14.0 Å². The summed E-state index contributed by atoms with van der Waals surface area (Å²) in [6.07, 6.45) is 0. The average molecular weight is 386 g/mol. The molecule has 1 aromatic heterocycles. The summed E-state index contributed by atoms with van der Waals surface area (Å²) < 4.78 is 16.9. The van der Waals surface area contributed by atoms with Crippen molar-refractivity contribution in [2.75, 3.05) is 17.9 Å². The second-order valence-electron chi connectivity index (χ2n) is 5.86. The summed E-state index contributed by atoms with van der Waals surface area (Å²) in [6.45, 7) is 2.15. The zero-order chi connectivity index (χ0) is 18.8. The number of aryl methyl sites for hydroxylation is 1. The third kappa shape index (κ3) is 3.68. The Morgan fingerprint density at radius 3 is 2.78 bits per heavy atom. The van der Waals surface area contributed by atoms with E-state index in [2.05, 4.69) is 10.6 Å². The Kier molecular flexibility index (Phi) is 4.59. The lowest BCUT2D eigenvalue weighted by Gasteiger charge is -2.04. The number of nitrogens with one attached hydrogen (secondary N) is 2. The fourth-order valence-electron chi connectivity index (χ4n) is 2.56. The van der Waals surface area contributed by atoms with Crippen LogP contribution in [0.5, 0.6) is 11.5 Å². The van der Waals surface area contributed by atoms with E-state index >= 15 is 0 Å². The molecular formula is C18H16N3O5S+. The maximum Gasteiger partial charge on any atom is 0.442 e. The van der Waals surface area contributed by atoms with Gasteiger partial charge in [0.15, 0.2) is 11.5 Å². The van der Waals surface area contributed by atoms with Crippen molar-refractivity contribution < 1.29 is 23.5 Å². The minimum Gasteiger partial charge on any atom is -0.454 e. The Morgan fingerprint density at radius 1 is 1.19 bits per heavy atom. The number of carbonyl (C=O) groups is 1. The minimum atomic E-state index is -0.531. The first-order valence-electron chi connectivity index (χ1n) is 8.13. The second-order valence-corrected chi connectivity index (χ2v) is 6.83. The predicted molar refractivity (Wildman–Crippen MR) is 97.5 cm³/mol. The quantitative estimate of drug-likeness (QED) is 0.514. The van der Waals surface area contributed by atoms with Crippen molar-refractivity contribution in [1.82, 2.24) is 5.27 Å². The standard InChI is InChI=1S/C18H15N3O5S/c1-11-2-5-13(6-3-11)21-17(18(23)26-20-21)27-9-16(22)19-12-4-7-14-15(8-12)25-10-24-14/h2-8H,9-10H2,1H3,(H-,19,20,22,23)/p+1. The highest BCUT2D eigenvalue weighted by Crippen LogP contribution is 2.34. The van der Waals surface area contributed by atoms with Crippen LogP contribution in [-0.4, -0.2) is 23.7 Å². The number of aromatic amines is 1. The number of nitrogens with zero attached hydrogens (tertiary/aromatic N) is 1. The Morgan fingerprint density at radius 2 is 1.96 bits per heavy atom. The molecule has 9 heteroatoms. The molecule has 3 aromatic rings. The van der Waals surface area contributed by atoms with Crippen molar-refractivity contribution in [3.63, 3.8) is 0 Å². The highest BCUT2D eigenvalue weighted by Gasteiger charge is 2.25. The van der Waals surface area contributed by atoms with Gasteiger partial charge in [0.2, 0.25) is 18.4 Å². The van der Waals surface area contributed by atoms with Crippen molar-refractivity contribution in [1.29, 1.82) is 0 Å². The van der Waals surface area contributed by atoms with Crippen molar-refractivity contribution >= 4 is 23.4 Å². The molecule has 0 saturated heterocycles. The van der Waals surface area contributed by atoms with Crippen LogP contribution in [0.4, 0.5) is 5.69 Å². The van der Waals surface area contributed by atoms with E-state index in [1.54, 1.807) is 18.2 Å². The Hall–Kier alpha value is -3.20. The van der Waals surface area contributed by atoms with Crippen LogP contribution < -0.4 is 25.1 Å².